The summed E-state index contributed by atoms with van der Waals surface area (Å²) in [5.41, 5.74) is 8.35. The fourth-order valence-corrected chi connectivity index (χ4v) is 1.93. The van der Waals surface area contributed by atoms with Crippen molar-refractivity contribution >= 4 is 29.7 Å². The number of nitrogen functional groups attached to an aromatic ring is 1. The molecule has 5 nitrogen and oxygen atoms in total. The third-order valence-electron chi connectivity index (χ3n) is 2.95. The molecule has 1 aromatic carbocycles. The van der Waals surface area contributed by atoms with Crippen molar-refractivity contribution in [3.63, 3.8) is 0 Å². The standard InChI is InChI=1S/C14H18N4O.ClH/c1-9(2)13-8-12(17-18(13)3)14(19)16-11-7-5-4-6-10(11)15;/h4-9H,15H2,1-3H3,(H,16,19);1H. The Kier molecular flexibility index (Phi) is 5.16. The highest BCUT2D eigenvalue weighted by Gasteiger charge is 2.15. The Hall–Kier alpha value is -2.01. The van der Waals surface area contributed by atoms with Crippen molar-refractivity contribution in [2.45, 2.75) is 19.8 Å². The minimum absolute atomic E-state index is 0. The topological polar surface area (TPSA) is 72.9 Å². The maximum atomic E-state index is 12.1. The summed E-state index contributed by atoms with van der Waals surface area (Å²) in [5, 5.41) is 6.99. The van der Waals surface area contributed by atoms with Crippen molar-refractivity contribution < 1.29 is 4.79 Å². The van der Waals surface area contributed by atoms with E-state index in [1.54, 1.807) is 22.9 Å². The molecule has 1 amide bonds. The number of hydrogen-bond acceptors (Lipinski definition) is 3. The highest BCUT2D eigenvalue weighted by atomic mass is 35.5. The molecule has 2 rings (SSSR count). The summed E-state index contributed by atoms with van der Waals surface area (Å²) in [6.45, 7) is 4.13. The lowest BCUT2D eigenvalue weighted by molar-refractivity contribution is 0.102. The van der Waals surface area contributed by atoms with Crippen LogP contribution in [0.4, 0.5) is 11.4 Å². The van der Waals surface area contributed by atoms with Crippen LogP contribution in [0.15, 0.2) is 30.3 Å². The number of benzene rings is 1. The molecule has 0 unspecified atom stereocenters. The van der Waals surface area contributed by atoms with Gasteiger partial charge in [0.2, 0.25) is 0 Å². The van der Waals surface area contributed by atoms with E-state index in [1.807, 2.05) is 19.2 Å². The molecule has 0 fully saturated rings. The number of anilines is 2. The first-order chi connectivity index (χ1) is 8.99. The van der Waals surface area contributed by atoms with Gasteiger partial charge in [0.25, 0.3) is 5.91 Å². The highest BCUT2D eigenvalue weighted by molar-refractivity contribution is 6.04. The number of amides is 1. The van der Waals surface area contributed by atoms with Crippen LogP contribution in [0.5, 0.6) is 0 Å². The normalized spacial score (nSPS) is 10.2. The summed E-state index contributed by atoms with van der Waals surface area (Å²) >= 11 is 0. The van der Waals surface area contributed by atoms with E-state index in [0.29, 0.717) is 23.0 Å². The van der Waals surface area contributed by atoms with Gasteiger partial charge in [0.05, 0.1) is 11.4 Å². The molecule has 108 valence electrons. The lowest BCUT2D eigenvalue weighted by Crippen LogP contribution is -2.14. The molecule has 1 aromatic heterocycles. The Morgan fingerprint density at radius 3 is 2.55 bits per heavy atom. The van der Waals surface area contributed by atoms with Gasteiger partial charge < -0.3 is 11.1 Å². The van der Waals surface area contributed by atoms with Gasteiger partial charge in [0.1, 0.15) is 0 Å². The summed E-state index contributed by atoms with van der Waals surface area (Å²) in [4.78, 5) is 12.1. The fourth-order valence-electron chi connectivity index (χ4n) is 1.93. The van der Waals surface area contributed by atoms with Crippen molar-refractivity contribution in [2.75, 3.05) is 11.1 Å². The average molecular weight is 295 g/mol. The molecular formula is C14H19ClN4O. The second kappa shape index (κ2) is 6.43. The molecule has 0 radical (unpaired) electrons. The van der Waals surface area contributed by atoms with Gasteiger partial charge in [0.15, 0.2) is 5.69 Å². The number of aromatic nitrogens is 2. The molecule has 0 aliphatic rings. The van der Waals surface area contributed by atoms with E-state index in [-0.39, 0.29) is 18.3 Å². The minimum Gasteiger partial charge on any atom is -0.397 e. The second-order valence-electron chi connectivity index (χ2n) is 4.77. The van der Waals surface area contributed by atoms with Gasteiger partial charge in [-0.15, -0.1) is 12.4 Å². The van der Waals surface area contributed by atoms with Crippen molar-refractivity contribution in [3.05, 3.63) is 41.7 Å². The molecule has 20 heavy (non-hydrogen) atoms. The smallest absolute Gasteiger partial charge is 0.276 e. The largest absolute Gasteiger partial charge is 0.397 e. The molecule has 0 saturated carbocycles. The molecule has 2 aromatic rings. The quantitative estimate of drug-likeness (QED) is 0.855. The summed E-state index contributed by atoms with van der Waals surface area (Å²) in [6.07, 6.45) is 0. The Bertz CT molecular complexity index is 607. The zero-order chi connectivity index (χ0) is 14.0. The Morgan fingerprint density at radius 1 is 1.35 bits per heavy atom. The predicted molar refractivity (Wildman–Crippen MR) is 83.4 cm³/mol. The average Bonchev–Trinajstić information content (AvgIpc) is 2.74. The number of carbonyl (C=O) groups excluding carboxylic acids is 1. The van der Waals surface area contributed by atoms with Gasteiger partial charge in [-0.1, -0.05) is 26.0 Å². The van der Waals surface area contributed by atoms with E-state index in [0.717, 1.165) is 5.69 Å². The number of nitrogens with zero attached hydrogens (tertiary/aromatic N) is 2. The lowest BCUT2D eigenvalue weighted by Gasteiger charge is -2.05. The first-order valence-corrected chi connectivity index (χ1v) is 6.19. The van der Waals surface area contributed by atoms with E-state index in [9.17, 15) is 4.79 Å². The second-order valence-corrected chi connectivity index (χ2v) is 4.77. The molecule has 0 saturated heterocycles. The number of nitrogens with two attached hydrogens (primary N) is 1. The molecule has 0 bridgehead atoms. The van der Waals surface area contributed by atoms with Crippen LogP contribution < -0.4 is 11.1 Å². The number of halogens is 1. The number of aryl methyl sites for hydroxylation is 1. The van der Waals surface area contributed by atoms with Crippen LogP contribution in [-0.2, 0) is 7.05 Å². The van der Waals surface area contributed by atoms with Crippen molar-refractivity contribution in [3.8, 4) is 0 Å². The van der Waals surface area contributed by atoms with Crippen LogP contribution in [0.3, 0.4) is 0 Å². The third kappa shape index (κ3) is 3.30. The summed E-state index contributed by atoms with van der Waals surface area (Å²) in [7, 11) is 1.84. The van der Waals surface area contributed by atoms with Gasteiger partial charge in [-0.05, 0) is 24.1 Å². The molecule has 1 heterocycles. The van der Waals surface area contributed by atoms with E-state index in [4.69, 9.17) is 5.73 Å². The van der Waals surface area contributed by atoms with Crippen LogP contribution in [0.2, 0.25) is 0 Å². The minimum atomic E-state index is -0.250. The van der Waals surface area contributed by atoms with Crippen LogP contribution in [0.1, 0.15) is 35.9 Å². The van der Waals surface area contributed by atoms with Gasteiger partial charge in [-0.2, -0.15) is 5.10 Å². The van der Waals surface area contributed by atoms with Gasteiger partial charge in [0, 0.05) is 12.7 Å². The molecule has 6 heteroatoms. The number of nitrogens with one attached hydrogen (secondary N) is 1. The molecule has 0 atom stereocenters. The van der Waals surface area contributed by atoms with Crippen LogP contribution in [0, 0.1) is 0 Å². The Labute approximate surface area is 124 Å². The summed E-state index contributed by atoms with van der Waals surface area (Å²) in [5.74, 6) is 0.0706. The first-order valence-electron chi connectivity index (χ1n) is 6.19. The summed E-state index contributed by atoms with van der Waals surface area (Å²) < 4.78 is 1.73. The zero-order valence-electron chi connectivity index (χ0n) is 11.8. The Balaban J connectivity index is 0.00000200. The Morgan fingerprint density at radius 2 is 2.00 bits per heavy atom. The first kappa shape index (κ1) is 16.0. The number of para-hydroxylation sites is 2. The number of carbonyl (C=O) groups is 1. The maximum Gasteiger partial charge on any atom is 0.276 e. The molecule has 0 spiro atoms. The zero-order valence-corrected chi connectivity index (χ0v) is 12.6. The highest BCUT2D eigenvalue weighted by Crippen LogP contribution is 2.19. The number of hydrogen-bond donors (Lipinski definition) is 2. The van der Waals surface area contributed by atoms with E-state index in [2.05, 4.69) is 24.3 Å². The summed E-state index contributed by atoms with van der Waals surface area (Å²) in [6, 6.07) is 8.96. The van der Waals surface area contributed by atoms with Crippen molar-refractivity contribution in [2.24, 2.45) is 7.05 Å². The molecule has 0 aliphatic carbocycles. The fraction of sp³-hybridized carbons (Fsp3) is 0.286. The van der Waals surface area contributed by atoms with Crippen molar-refractivity contribution in [1.29, 1.82) is 0 Å². The van der Waals surface area contributed by atoms with E-state index >= 15 is 0 Å². The molecule has 0 aliphatic heterocycles. The van der Waals surface area contributed by atoms with Crippen LogP contribution >= 0.6 is 12.4 Å². The SMILES string of the molecule is CC(C)c1cc(C(=O)Nc2ccccc2N)nn1C.Cl. The predicted octanol–water partition coefficient (Wildman–Crippen LogP) is 2.80. The molecule has 3 N–H and O–H groups in total. The molecular weight excluding hydrogens is 276 g/mol. The maximum absolute atomic E-state index is 12.1. The number of rotatable bonds is 3. The monoisotopic (exact) mass is 294 g/mol. The van der Waals surface area contributed by atoms with Gasteiger partial charge in [-0.3, -0.25) is 9.48 Å². The lowest BCUT2D eigenvalue weighted by atomic mass is 10.1. The van der Waals surface area contributed by atoms with Crippen LogP contribution in [-0.4, -0.2) is 15.7 Å². The van der Waals surface area contributed by atoms with Gasteiger partial charge >= 0.3 is 0 Å². The van der Waals surface area contributed by atoms with Crippen LogP contribution in [0.25, 0.3) is 0 Å². The van der Waals surface area contributed by atoms with Crippen molar-refractivity contribution in [1.82, 2.24) is 9.78 Å². The third-order valence-corrected chi connectivity index (χ3v) is 2.95. The van der Waals surface area contributed by atoms with E-state index in [1.165, 1.54) is 0 Å². The van der Waals surface area contributed by atoms with Gasteiger partial charge in [-0.25, -0.2) is 0 Å². The van der Waals surface area contributed by atoms with E-state index < -0.39 is 0 Å².